The van der Waals surface area contributed by atoms with Crippen molar-refractivity contribution in [2.45, 2.75) is 40.7 Å². The summed E-state index contributed by atoms with van der Waals surface area (Å²) in [5.41, 5.74) is 6.52. The van der Waals surface area contributed by atoms with Crippen LogP contribution in [0.1, 0.15) is 40.7 Å². The number of hydrogen-bond donors (Lipinski definition) is 1. The van der Waals surface area contributed by atoms with E-state index in [1.165, 1.54) is 4.68 Å². The molecule has 0 fully saturated rings. The van der Waals surface area contributed by atoms with Gasteiger partial charge < -0.3 is 10.6 Å². The highest BCUT2D eigenvalue weighted by atomic mass is 79.9. The van der Waals surface area contributed by atoms with Crippen LogP contribution in [0.3, 0.4) is 0 Å². The molecule has 0 radical (unpaired) electrons. The molecule has 0 aliphatic carbocycles. The third-order valence-electron chi connectivity index (χ3n) is 3.31. The lowest BCUT2D eigenvalue weighted by Crippen LogP contribution is -2.40. The van der Waals surface area contributed by atoms with Crippen LogP contribution in [0.5, 0.6) is 0 Å². The molecule has 0 bridgehead atoms. The molecule has 0 saturated carbocycles. The van der Waals surface area contributed by atoms with E-state index >= 15 is 0 Å². The zero-order chi connectivity index (χ0) is 15.5. The molecule has 20 heavy (non-hydrogen) atoms. The summed E-state index contributed by atoms with van der Waals surface area (Å²) in [5, 5.41) is 4.26. The van der Waals surface area contributed by atoms with Crippen LogP contribution in [0.4, 0.5) is 5.69 Å². The Labute approximate surface area is 129 Å². The first-order chi connectivity index (χ1) is 9.23. The van der Waals surface area contributed by atoms with Gasteiger partial charge in [0.05, 0.1) is 17.9 Å². The molecule has 0 aromatic carbocycles. The molecule has 0 aliphatic heterocycles. The summed E-state index contributed by atoms with van der Waals surface area (Å²) in [7, 11) is 0. The van der Waals surface area contributed by atoms with Gasteiger partial charge in [-0.05, 0) is 48.7 Å². The maximum Gasteiger partial charge on any atom is 0.283 e. The van der Waals surface area contributed by atoms with Gasteiger partial charge >= 0.3 is 0 Å². The second-order valence-corrected chi connectivity index (χ2v) is 6.86. The predicted molar refractivity (Wildman–Crippen MR) is 87.3 cm³/mol. The van der Waals surface area contributed by atoms with Crippen molar-refractivity contribution in [3.63, 3.8) is 0 Å². The number of anilines is 1. The van der Waals surface area contributed by atoms with Crippen LogP contribution >= 0.6 is 15.9 Å². The normalized spacial score (nSPS) is 12.0. The molecular weight excluding hydrogens is 320 g/mol. The monoisotopic (exact) mass is 344 g/mol. The van der Waals surface area contributed by atoms with Gasteiger partial charge in [0.1, 0.15) is 4.47 Å². The SMILES string of the molecule is CCN(CC(C)(C)CN)c1cnn(C(C)C)c(=O)c1Br. The number of hydrogen-bond acceptors (Lipinski definition) is 4. The lowest BCUT2D eigenvalue weighted by Gasteiger charge is -2.33. The fraction of sp³-hybridized carbons (Fsp3) is 0.714. The Kier molecular flexibility index (Phi) is 5.77. The summed E-state index contributed by atoms with van der Waals surface area (Å²) < 4.78 is 2.05. The maximum atomic E-state index is 12.3. The number of rotatable bonds is 6. The van der Waals surface area contributed by atoms with Crippen molar-refractivity contribution in [3.8, 4) is 0 Å². The predicted octanol–water partition coefficient (Wildman–Crippen LogP) is 2.40. The van der Waals surface area contributed by atoms with E-state index < -0.39 is 0 Å². The van der Waals surface area contributed by atoms with Crippen molar-refractivity contribution in [2.24, 2.45) is 11.1 Å². The summed E-state index contributed by atoms with van der Waals surface area (Å²) in [4.78, 5) is 14.4. The van der Waals surface area contributed by atoms with E-state index in [4.69, 9.17) is 5.73 Å². The Morgan fingerprint density at radius 2 is 2.10 bits per heavy atom. The van der Waals surface area contributed by atoms with Crippen molar-refractivity contribution >= 4 is 21.6 Å². The zero-order valence-electron chi connectivity index (χ0n) is 13.0. The fourth-order valence-electron chi connectivity index (χ4n) is 1.97. The first-order valence-corrected chi connectivity index (χ1v) is 7.75. The third-order valence-corrected chi connectivity index (χ3v) is 4.05. The summed E-state index contributed by atoms with van der Waals surface area (Å²) >= 11 is 3.42. The number of halogens is 1. The Hall–Kier alpha value is -0.880. The molecule has 1 heterocycles. The van der Waals surface area contributed by atoms with E-state index in [0.717, 1.165) is 18.8 Å². The van der Waals surface area contributed by atoms with Crippen LogP contribution in [-0.4, -0.2) is 29.4 Å². The Morgan fingerprint density at radius 1 is 1.50 bits per heavy atom. The summed E-state index contributed by atoms with van der Waals surface area (Å²) in [6.07, 6.45) is 1.75. The average Bonchev–Trinajstić information content (AvgIpc) is 2.39. The highest BCUT2D eigenvalue weighted by Gasteiger charge is 2.22. The molecule has 1 aromatic heterocycles. The van der Waals surface area contributed by atoms with E-state index in [0.29, 0.717) is 11.0 Å². The van der Waals surface area contributed by atoms with Gasteiger partial charge in [0.25, 0.3) is 5.56 Å². The van der Waals surface area contributed by atoms with Crippen LogP contribution in [0, 0.1) is 5.41 Å². The Balaban J connectivity index is 3.18. The van der Waals surface area contributed by atoms with Crippen LogP contribution in [0.25, 0.3) is 0 Å². The zero-order valence-corrected chi connectivity index (χ0v) is 14.6. The molecular formula is C14H25BrN4O. The van der Waals surface area contributed by atoms with Crippen LogP contribution < -0.4 is 16.2 Å². The molecule has 2 N–H and O–H groups in total. The van der Waals surface area contributed by atoms with E-state index in [1.807, 2.05) is 13.8 Å². The van der Waals surface area contributed by atoms with Gasteiger partial charge in [0, 0.05) is 13.1 Å². The molecule has 0 saturated heterocycles. The Morgan fingerprint density at radius 3 is 2.55 bits per heavy atom. The smallest absolute Gasteiger partial charge is 0.283 e. The molecule has 0 spiro atoms. The highest BCUT2D eigenvalue weighted by Crippen LogP contribution is 2.25. The molecule has 0 amide bonds. The van der Waals surface area contributed by atoms with E-state index in [9.17, 15) is 4.79 Å². The fourth-order valence-corrected chi connectivity index (χ4v) is 2.51. The average molecular weight is 345 g/mol. The maximum absolute atomic E-state index is 12.3. The van der Waals surface area contributed by atoms with Crippen molar-refractivity contribution in [1.82, 2.24) is 9.78 Å². The molecule has 114 valence electrons. The molecule has 1 aromatic rings. The van der Waals surface area contributed by atoms with Crippen LogP contribution in [-0.2, 0) is 0 Å². The lowest BCUT2D eigenvalue weighted by atomic mass is 9.93. The summed E-state index contributed by atoms with van der Waals surface area (Å²) in [5.74, 6) is 0. The second kappa shape index (κ2) is 6.72. The minimum absolute atomic E-state index is 0.0115. The standard InChI is InChI=1S/C14H25BrN4O/c1-6-18(9-14(4,5)8-16)11-7-17-19(10(2)3)13(20)12(11)15/h7,10H,6,8-9,16H2,1-5H3. The van der Waals surface area contributed by atoms with Gasteiger partial charge in [-0.3, -0.25) is 4.79 Å². The molecule has 0 atom stereocenters. The number of nitrogens with two attached hydrogens (primary N) is 1. The van der Waals surface area contributed by atoms with Gasteiger partial charge in [-0.25, -0.2) is 4.68 Å². The van der Waals surface area contributed by atoms with Crippen LogP contribution in [0.15, 0.2) is 15.5 Å². The molecule has 0 aliphatic rings. The van der Waals surface area contributed by atoms with Gasteiger partial charge in [-0.1, -0.05) is 13.8 Å². The van der Waals surface area contributed by atoms with Crippen molar-refractivity contribution in [3.05, 3.63) is 21.0 Å². The quantitative estimate of drug-likeness (QED) is 0.860. The topological polar surface area (TPSA) is 64.2 Å². The Bertz CT molecular complexity index is 510. The van der Waals surface area contributed by atoms with Crippen LogP contribution in [0.2, 0.25) is 0 Å². The van der Waals surface area contributed by atoms with Crippen molar-refractivity contribution in [1.29, 1.82) is 0 Å². The molecule has 5 nitrogen and oxygen atoms in total. The molecule has 6 heteroatoms. The van der Waals surface area contributed by atoms with E-state index in [-0.39, 0.29) is 17.0 Å². The minimum atomic E-state index is -0.0958. The van der Waals surface area contributed by atoms with Gasteiger partial charge in [0.2, 0.25) is 0 Å². The van der Waals surface area contributed by atoms with Crippen molar-refractivity contribution < 1.29 is 0 Å². The van der Waals surface area contributed by atoms with Crippen molar-refractivity contribution in [2.75, 3.05) is 24.5 Å². The third kappa shape index (κ3) is 3.82. The lowest BCUT2D eigenvalue weighted by molar-refractivity contribution is 0.379. The van der Waals surface area contributed by atoms with Gasteiger partial charge in [-0.15, -0.1) is 0 Å². The molecule has 0 unspecified atom stereocenters. The summed E-state index contributed by atoms with van der Waals surface area (Å²) in [6.45, 7) is 12.4. The number of nitrogens with zero attached hydrogens (tertiary/aromatic N) is 3. The minimum Gasteiger partial charge on any atom is -0.369 e. The number of aromatic nitrogens is 2. The molecule has 1 rings (SSSR count). The highest BCUT2D eigenvalue weighted by molar-refractivity contribution is 9.10. The second-order valence-electron chi connectivity index (χ2n) is 6.07. The first kappa shape index (κ1) is 17.2. The largest absolute Gasteiger partial charge is 0.369 e. The first-order valence-electron chi connectivity index (χ1n) is 6.96. The van der Waals surface area contributed by atoms with E-state index in [1.54, 1.807) is 6.20 Å². The van der Waals surface area contributed by atoms with Gasteiger partial charge in [0.15, 0.2) is 0 Å². The van der Waals surface area contributed by atoms with Gasteiger partial charge in [-0.2, -0.15) is 5.10 Å². The van der Waals surface area contributed by atoms with E-state index in [2.05, 4.69) is 46.7 Å². The summed E-state index contributed by atoms with van der Waals surface area (Å²) in [6, 6.07) is 0.0448.